The second kappa shape index (κ2) is 11.0. The van der Waals surface area contributed by atoms with Crippen LogP contribution >= 0.6 is 0 Å². The molecule has 6 nitrogen and oxygen atoms in total. The minimum absolute atomic E-state index is 0.0328. The summed E-state index contributed by atoms with van der Waals surface area (Å²) in [6, 6.07) is 21.6. The molecule has 40 heavy (non-hydrogen) atoms. The summed E-state index contributed by atoms with van der Waals surface area (Å²) < 4.78 is 72.7. The number of hydrogen-bond donors (Lipinski definition) is 1. The van der Waals surface area contributed by atoms with Crippen LogP contribution in [-0.4, -0.2) is 20.7 Å². The van der Waals surface area contributed by atoms with Crippen molar-refractivity contribution in [1.82, 2.24) is 14.8 Å². The number of rotatable bonds is 7. The monoisotopic (exact) mass is 550 g/mol. The van der Waals surface area contributed by atoms with Gasteiger partial charge in [-0.05, 0) is 78.4 Å². The molecule has 0 aliphatic carbocycles. The van der Waals surface area contributed by atoms with Gasteiger partial charge in [0.1, 0.15) is 18.2 Å². The van der Waals surface area contributed by atoms with E-state index in [9.17, 15) is 26.7 Å². The highest BCUT2D eigenvalue weighted by Gasteiger charge is 2.30. The fraction of sp³-hybridized carbons (Fsp3) is 0.0690. The molecule has 4 aromatic carbocycles. The second-order valence-corrected chi connectivity index (χ2v) is 8.63. The molecular weight excluding hydrogens is 531 g/mol. The van der Waals surface area contributed by atoms with Crippen molar-refractivity contribution >= 4 is 11.6 Å². The van der Waals surface area contributed by atoms with Crippen LogP contribution in [0.1, 0.15) is 21.5 Å². The Morgan fingerprint density at radius 2 is 1.40 bits per heavy atom. The molecule has 0 atom stereocenters. The fourth-order valence-electron chi connectivity index (χ4n) is 3.75. The number of benzene rings is 4. The van der Waals surface area contributed by atoms with Crippen molar-refractivity contribution < 1.29 is 31.5 Å². The molecular formula is C29H19F5N4O2. The van der Waals surface area contributed by atoms with Gasteiger partial charge in [-0.1, -0.05) is 24.3 Å². The van der Waals surface area contributed by atoms with Crippen LogP contribution in [0.5, 0.6) is 6.01 Å². The van der Waals surface area contributed by atoms with E-state index in [0.717, 1.165) is 12.1 Å². The average molecular weight is 550 g/mol. The van der Waals surface area contributed by atoms with E-state index < -0.39 is 29.3 Å². The smallest absolute Gasteiger partial charge is 0.416 e. The third kappa shape index (κ3) is 6.15. The molecule has 0 bridgehead atoms. The van der Waals surface area contributed by atoms with Crippen molar-refractivity contribution in [2.45, 2.75) is 12.8 Å². The Kier molecular flexibility index (Phi) is 7.28. The van der Waals surface area contributed by atoms with E-state index in [1.165, 1.54) is 53.2 Å². The Morgan fingerprint density at radius 3 is 2.00 bits per heavy atom. The van der Waals surface area contributed by atoms with E-state index in [-0.39, 0.29) is 24.0 Å². The van der Waals surface area contributed by atoms with Gasteiger partial charge in [0, 0.05) is 16.8 Å². The predicted octanol–water partition coefficient (Wildman–Crippen LogP) is 7.06. The molecule has 1 aromatic heterocycles. The van der Waals surface area contributed by atoms with Crippen molar-refractivity contribution in [3.8, 4) is 23.1 Å². The van der Waals surface area contributed by atoms with Crippen molar-refractivity contribution in [2.75, 3.05) is 5.32 Å². The molecule has 5 aromatic rings. The van der Waals surface area contributed by atoms with Gasteiger partial charge in [0.25, 0.3) is 5.91 Å². The van der Waals surface area contributed by atoms with E-state index in [1.54, 1.807) is 36.4 Å². The van der Waals surface area contributed by atoms with E-state index in [4.69, 9.17) is 4.74 Å². The number of anilines is 1. The summed E-state index contributed by atoms with van der Waals surface area (Å²) in [4.78, 5) is 16.8. The van der Waals surface area contributed by atoms with Crippen LogP contribution in [-0.2, 0) is 12.8 Å². The molecule has 0 spiro atoms. The summed E-state index contributed by atoms with van der Waals surface area (Å²) >= 11 is 0. The maximum Gasteiger partial charge on any atom is 0.416 e. The number of carbonyl (C=O) groups excluding carboxylic acids is 1. The maximum atomic E-state index is 13.2. The van der Waals surface area contributed by atoms with E-state index >= 15 is 0 Å². The van der Waals surface area contributed by atoms with Crippen molar-refractivity contribution in [3.05, 3.63) is 125 Å². The summed E-state index contributed by atoms with van der Waals surface area (Å²) in [5.74, 6) is -1.08. The van der Waals surface area contributed by atoms with Gasteiger partial charge < -0.3 is 10.1 Å². The van der Waals surface area contributed by atoms with Gasteiger partial charge in [-0.3, -0.25) is 4.79 Å². The molecule has 0 aliphatic rings. The Hall–Kier alpha value is -5.06. The number of alkyl halides is 3. The molecule has 0 fully saturated rings. The highest BCUT2D eigenvalue weighted by molar-refractivity contribution is 6.04. The first-order chi connectivity index (χ1) is 19.2. The van der Waals surface area contributed by atoms with Crippen molar-refractivity contribution in [2.24, 2.45) is 0 Å². The molecule has 1 heterocycles. The van der Waals surface area contributed by atoms with Crippen LogP contribution in [0.3, 0.4) is 0 Å². The minimum atomic E-state index is -4.50. The van der Waals surface area contributed by atoms with Crippen LogP contribution in [0.4, 0.5) is 27.6 Å². The quantitative estimate of drug-likeness (QED) is 0.220. The standard InChI is InChI=1S/C29H19F5N4O2/c30-22-9-1-18(2-10-22)17-40-28-36-26(19-3-7-21(8-4-19)29(32,33)34)38(37-28)25-15-13-24(14-16-25)35-27(39)20-5-11-23(31)12-6-20/h1-16H,17H2,(H,35,39). The SMILES string of the molecule is O=C(Nc1ccc(-n2nc(OCc3ccc(F)cc3)nc2-c2ccc(C(F)(F)F)cc2)cc1)c1ccc(F)cc1. The zero-order chi connectivity index (χ0) is 28.3. The average Bonchev–Trinajstić information content (AvgIpc) is 3.37. The van der Waals surface area contributed by atoms with Crippen LogP contribution < -0.4 is 10.1 Å². The Balaban J connectivity index is 1.42. The van der Waals surface area contributed by atoms with Crippen molar-refractivity contribution in [3.63, 3.8) is 0 Å². The minimum Gasteiger partial charge on any atom is -0.457 e. The molecule has 5 rings (SSSR count). The number of nitrogens with one attached hydrogen (secondary N) is 1. The fourth-order valence-corrected chi connectivity index (χ4v) is 3.75. The molecule has 0 unspecified atom stereocenters. The number of aromatic nitrogens is 3. The van der Waals surface area contributed by atoms with E-state index in [2.05, 4.69) is 15.4 Å². The highest BCUT2D eigenvalue weighted by Crippen LogP contribution is 2.32. The van der Waals surface area contributed by atoms with Gasteiger partial charge in [0.05, 0.1) is 11.3 Å². The van der Waals surface area contributed by atoms with Crippen LogP contribution in [0.25, 0.3) is 17.1 Å². The van der Waals surface area contributed by atoms with Gasteiger partial charge in [0.15, 0.2) is 5.82 Å². The Labute approximate surface area is 224 Å². The lowest BCUT2D eigenvalue weighted by molar-refractivity contribution is -0.137. The van der Waals surface area contributed by atoms with Gasteiger partial charge in [-0.25, -0.2) is 13.5 Å². The molecule has 0 saturated carbocycles. The second-order valence-electron chi connectivity index (χ2n) is 8.63. The van der Waals surface area contributed by atoms with Gasteiger partial charge >= 0.3 is 12.2 Å². The number of halogens is 5. The normalized spacial score (nSPS) is 11.3. The lowest BCUT2D eigenvalue weighted by Crippen LogP contribution is -2.11. The van der Waals surface area contributed by atoms with Crippen molar-refractivity contribution in [1.29, 1.82) is 0 Å². The summed E-state index contributed by atoms with van der Waals surface area (Å²) in [7, 11) is 0. The summed E-state index contributed by atoms with van der Waals surface area (Å²) in [5, 5.41) is 7.08. The topological polar surface area (TPSA) is 69.0 Å². The number of nitrogens with zero attached hydrogens (tertiary/aromatic N) is 3. The number of ether oxygens (including phenoxy) is 1. The van der Waals surface area contributed by atoms with E-state index in [1.807, 2.05) is 0 Å². The molecule has 11 heteroatoms. The van der Waals surface area contributed by atoms with Crippen LogP contribution in [0, 0.1) is 11.6 Å². The van der Waals surface area contributed by atoms with Crippen LogP contribution in [0.2, 0.25) is 0 Å². The predicted molar refractivity (Wildman–Crippen MR) is 137 cm³/mol. The third-order valence-corrected chi connectivity index (χ3v) is 5.82. The highest BCUT2D eigenvalue weighted by atomic mass is 19.4. The first kappa shape index (κ1) is 26.5. The zero-order valence-corrected chi connectivity index (χ0v) is 20.5. The molecule has 0 saturated heterocycles. The third-order valence-electron chi connectivity index (χ3n) is 5.82. The van der Waals surface area contributed by atoms with Gasteiger partial charge in [-0.15, -0.1) is 5.10 Å². The summed E-state index contributed by atoms with van der Waals surface area (Å²) in [6.45, 7) is 0.0328. The molecule has 0 radical (unpaired) electrons. The zero-order valence-electron chi connectivity index (χ0n) is 20.5. The first-order valence-electron chi connectivity index (χ1n) is 11.8. The molecule has 0 aliphatic heterocycles. The Bertz CT molecular complexity index is 1610. The van der Waals surface area contributed by atoms with Crippen LogP contribution in [0.15, 0.2) is 97.1 Å². The number of carbonyl (C=O) groups is 1. The van der Waals surface area contributed by atoms with Gasteiger partial charge in [0.2, 0.25) is 0 Å². The van der Waals surface area contributed by atoms with Gasteiger partial charge in [-0.2, -0.15) is 18.2 Å². The number of amides is 1. The Morgan fingerprint density at radius 1 is 0.800 bits per heavy atom. The largest absolute Gasteiger partial charge is 0.457 e. The lowest BCUT2D eigenvalue weighted by Gasteiger charge is -2.10. The first-order valence-corrected chi connectivity index (χ1v) is 11.8. The summed E-state index contributed by atoms with van der Waals surface area (Å²) in [6.07, 6.45) is -4.50. The molecule has 1 N–H and O–H groups in total. The maximum absolute atomic E-state index is 13.2. The molecule has 1 amide bonds. The summed E-state index contributed by atoms with van der Waals surface area (Å²) in [5.41, 5.74) is 1.41. The lowest BCUT2D eigenvalue weighted by atomic mass is 10.1. The number of hydrogen-bond acceptors (Lipinski definition) is 4. The van der Waals surface area contributed by atoms with E-state index in [0.29, 0.717) is 22.5 Å². The molecule has 202 valence electrons.